The van der Waals surface area contributed by atoms with Crippen LogP contribution >= 0.6 is 0 Å². The van der Waals surface area contributed by atoms with E-state index in [-0.39, 0.29) is 30.5 Å². The van der Waals surface area contributed by atoms with Crippen molar-refractivity contribution in [2.75, 3.05) is 18.9 Å². The third-order valence-electron chi connectivity index (χ3n) is 5.91. The number of nitriles is 1. The molecule has 1 aliphatic carbocycles. The Bertz CT molecular complexity index is 1280. The molecule has 2 amide bonds. The van der Waals surface area contributed by atoms with Gasteiger partial charge in [0, 0.05) is 24.7 Å². The van der Waals surface area contributed by atoms with Gasteiger partial charge < -0.3 is 25.0 Å². The normalized spacial score (nSPS) is 16.6. The fraction of sp³-hybridized carbons (Fsp3) is 0.500. The van der Waals surface area contributed by atoms with Gasteiger partial charge in [-0.2, -0.15) is 10.2 Å². The first-order valence-corrected chi connectivity index (χ1v) is 13.5. The fourth-order valence-corrected chi connectivity index (χ4v) is 4.11. The molecular formula is C30H38N6O4. The molecule has 2 aromatic rings. The van der Waals surface area contributed by atoms with E-state index in [1.165, 1.54) is 4.90 Å². The molecule has 2 N–H and O–H groups in total. The van der Waals surface area contributed by atoms with Crippen LogP contribution in [0.5, 0.6) is 5.88 Å². The lowest BCUT2D eigenvalue weighted by Gasteiger charge is -2.28. The molecule has 2 atom stereocenters. The summed E-state index contributed by atoms with van der Waals surface area (Å²) in [5.41, 5.74) is 1.29. The first-order chi connectivity index (χ1) is 18.9. The van der Waals surface area contributed by atoms with Crippen LogP contribution in [0.2, 0.25) is 0 Å². The second kappa shape index (κ2) is 13.7. The van der Waals surface area contributed by atoms with Crippen molar-refractivity contribution >= 4 is 23.6 Å². The van der Waals surface area contributed by atoms with E-state index >= 15 is 0 Å². The molecule has 212 valence electrons. The number of carbonyl (C=O) groups excluding carboxylic acids is 2. The quantitative estimate of drug-likeness (QED) is 0.475. The number of nitrogens with one attached hydrogen (secondary N) is 2. The number of rotatable bonds is 7. The van der Waals surface area contributed by atoms with E-state index < -0.39 is 11.7 Å². The van der Waals surface area contributed by atoms with Crippen molar-refractivity contribution < 1.29 is 19.1 Å². The maximum Gasteiger partial charge on any atom is 0.410 e. The molecule has 1 aromatic heterocycles. The SMILES string of the molecule is CC(C)Oc1nc(Nc2ccc(C#N)cc2)ncc1C#C[C@@H]1CCC[C@H](NC(=O)CN(C)C(=O)OC(C)(C)C)C1. The summed E-state index contributed by atoms with van der Waals surface area (Å²) >= 11 is 0. The van der Waals surface area contributed by atoms with Gasteiger partial charge in [-0.15, -0.1) is 0 Å². The molecule has 1 heterocycles. The number of anilines is 2. The number of hydrogen-bond donors (Lipinski definition) is 2. The highest BCUT2D eigenvalue weighted by atomic mass is 16.6. The van der Waals surface area contributed by atoms with Crippen molar-refractivity contribution in [1.29, 1.82) is 5.26 Å². The van der Waals surface area contributed by atoms with Crippen molar-refractivity contribution in [2.45, 2.75) is 78.0 Å². The van der Waals surface area contributed by atoms with Crippen LogP contribution in [0.25, 0.3) is 0 Å². The fourth-order valence-electron chi connectivity index (χ4n) is 4.11. The van der Waals surface area contributed by atoms with Gasteiger partial charge in [0.2, 0.25) is 17.7 Å². The van der Waals surface area contributed by atoms with E-state index in [4.69, 9.17) is 14.7 Å². The van der Waals surface area contributed by atoms with Gasteiger partial charge in [-0.3, -0.25) is 4.79 Å². The molecule has 10 nitrogen and oxygen atoms in total. The number of hydrogen-bond acceptors (Lipinski definition) is 8. The molecule has 0 radical (unpaired) electrons. The summed E-state index contributed by atoms with van der Waals surface area (Å²) in [6.45, 7) is 9.12. The highest BCUT2D eigenvalue weighted by Crippen LogP contribution is 2.25. The molecule has 0 bridgehead atoms. The molecule has 3 rings (SSSR count). The second-order valence-electron chi connectivity index (χ2n) is 11.1. The molecule has 1 fully saturated rings. The van der Waals surface area contributed by atoms with Crippen LogP contribution in [-0.2, 0) is 9.53 Å². The Hall–Kier alpha value is -4.31. The topological polar surface area (TPSA) is 129 Å². The van der Waals surface area contributed by atoms with E-state index in [0.29, 0.717) is 29.4 Å². The average Bonchev–Trinajstić information content (AvgIpc) is 2.87. The Labute approximate surface area is 236 Å². The van der Waals surface area contributed by atoms with E-state index in [2.05, 4.69) is 38.5 Å². The summed E-state index contributed by atoms with van der Waals surface area (Å²) in [6, 6.07) is 9.07. The zero-order valence-corrected chi connectivity index (χ0v) is 24.1. The van der Waals surface area contributed by atoms with E-state index in [9.17, 15) is 9.59 Å². The number of benzene rings is 1. The van der Waals surface area contributed by atoms with Crippen molar-refractivity contribution in [2.24, 2.45) is 5.92 Å². The number of aromatic nitrogens is 2. The molecule has 0 unspecified atom stereocenters. The summed E-state index contributed by atoms with van der Waals surface area (Å²) in [4.78, 5) is 34.9. The van der Waals surface area contributed by atoms with Gasteiger partial charge in [0.05, 0.1) is 23.9 Å². The van der Waals surface area contributed by atoms with Gasteiger partial charge in [0.1, 0.15) is 17.7 Å². The van der Waals surface area contributed by atoms with Crippen LogP contribution in [0.4, 0.5) is 16.4 Å². The third kappa shape index (κ3) is 9.77. The minimum atomic E-state index is -0.621. The summed E-state index contributed by atoms with van der Waals surface area (Å²) in [6.07, 6.45) is 4.44. The van der Waals surface area contributed by atoms with E-state index in [0.717, 1.165) is 24.9 Å². The minimum absolute atomic E-state index is 0.0192. The van der Waals surface area contributed by atoms with Crippen LogP contribution in [0.15, 0.2) is 30.5 Å². The smallest absolute Gasteiger partial charge is 0.410 e. The Morgan fingerprint density at radius 1 is 1.20 bits per heavy atom. The molecule has 0 saturated heterocycles. The number of nitrogens with zero attached hydrogens (tertiary/aromatic N) is 4. The number of carbonyl (C=O) groups is 2. The first-order valence-electron chi connectivity index (χ1n) is 13.5. The van der Waals surface area contributed by atoms with Crippen LogP contribution in [0.3, 0.4) is 0 Å². The van der Waals surface area contributed by atoms with Crippen molar-refractivity contribution in [3.05, 3.63) is 41.6 Å². The predicted octanol–water partition coefficient (Wildman–Crippen LogP) is 4.77. The monoisotopic (exact) mass is 546 g/mol. The van der Waals surface area contributed by atoms with Crippen LogP contribution < -0.4 is 15.4 Å². The van der Waals surface area contributed by atoms with Crippen LogP contribution in [0.1, 0.15) is 71.4 Å². The lowest BCUT2D eigenvalue weighted by molar-refractivity contribution is -0.123. The molecule has 0 aliphatic heterocycles. The molecule has 0 spiro atoms. The van der Waals surface area contributed by atoms with Crippen LogP contribution in [-0.4, -0.2) is 58.2 Å². The zero-order chi connectivity index (χ0) is 29.3. The molecular weight excluding hydrogens is 508 g/mol. The Morgan fingerprint density at radius 3 is 2.58 bits per heavy atom. The lowest BCUT2D eigenvalue weighted by Crippen LogP contribution is -2.45. The van der Waals surface area contributed by atoms with Crippen molar-refractivity contribution in [1.82, 2.24) is 20.2 Å². The largest absolute Gasteiger partial charge is 0.474 e. The predicted molar refractivity (Wildman–Crippen MR) is 152 cm³/mol. The number of likely N-dealkylation sites (N-methyl/N-ethyl adjacent to an activating group) is 1. The number of ether oxygens (including phenoxy) is 2. The van der Waals surface area contributed by atoms with Gasteiger partial charge in [0.25, 0.3) is 0 Å². The van der Waals surface area contributed by atoms with Gasteiger partial charge in [-0.05, 0) is 78.1 Å². The summed E-state index contributed by atoms with van der Waals surface area (Å²) in [5, 5.41) is 15.2. The Kier molecular flexibility index (Phi) is 10.3. The third-order valence-corrected chi connectivity index (χ3v) is 5.91. The van der Waals surface area contributed by atoms with Crippen molar-refractivity contribution in [3.8, 4) is 23.8 Å². The number of amides is 2. The molecule has 40 heavy (non-hydrogen) atoms. The average molecular weight is 547 g/mol. The maximum atomic E-state index is 12.6. The van der Waals surface area contributed by atoms with Gasteiger partial charge in [0.15, 0.2) is 0 Å². The Morgan fingerprint density at radius 2 is 1.93 bits per heavy atom. The zero-order valence-electron chi connectivity index (χ0n) is 24.1. The molecule has 10 heteroatoms. The minimum Gasteiger partial charge on any atom is -0.474 e. The van der Waals surface area contributed by atoms with Gasteiger partial charge >= 0.3 is 6.09 Å². The Balaban J connectivity index is 1.63. The second-order valence-corrected chi connectivity index (χ2v) is 11.1. The highest BCUT2D eigenvalue weighted by Gasteiger charge is 2.25. The molecule has 1 saturated carbocycles. The van der Waals surface area contributed by atoms with Crippen molar-refractivity contribution in [3.63, 3.8) is 0 Å². The molecule has 1 aliphatic rings. The first kappa shape index (κ1) is 30.2. The maximum absolute atomic E-state index is 12.6. The van der Waals surface area contributed by atoms with Gasteiger partial charge in [-0.1, -0.05) is 18.3 Å². The summed E-state index contributed by atoms with van der Waals surface area (Å²) in [7, 11) is 1.55. The summed E-state index contributed by atoms with van der Waals surface area (Å²) in [5.74, 6) is 7.13. The standard InChI is InChI=1S/C30H38N6O4/c1-20(2)39-27-23(18-32-28(35-27)34-24-14-11-22(17-31)12-15-24)13-10-21-8-7-9-25(16-21)33-26(37)19-36(6)29(38)40-30(3,4)5/h11-12,14-15,18,20-21,25H,7-9,16,19H2,1-6H3,(H,33,37)(H,32,34,35)/t21-,25-/m0/s1. The van der Waals surface area contributed by atoms with Gasteiger partial charge in [-0.25, -0.2) is 9.78 Å². The lowest BCUT2D eigenvalue weighted by atomic mass is 9.86. The summed E-state index contributed by atoms with van der Waals surface area (Å²) < 4.78 is 11.2. The van der Waals surface area contributed by atoms with Crippen LogP contribution in [0, 0.1) is 29.1 Å². The molecule has 1 aromatic carbocycles. The van der Waals surface area contributed by atoms with E-state index in [1.54, 1.807) is 58.3 Å². The highest BCUT2D eigenvalue weighted by molar-refractivity contribution is 5.82. The van der Waals surface area contributed by atoms with E-state index in [1.807, 2.05) is 13.8 Å².